The topological polar surface area (TPSA) is 0 Å². The molecule has 0 amide bonds. The molecule has 1 aliphatic heterocycles. The zero-order valence-electron chi connectivity index (χ0n) is 46.9. The Morgan fingerprint density at radius 2 is 0.875 bits per heavy atom. The van der Waals surface area contributed by atoms with Crippen LogP contribution in [0.1, 0.15) is 181 Å². The van der Waals surface area contributed by atoms with Crippen molar-refractivity contribution in [2.45, 2.75) is 171 Å². The number of halogens is 2. The fourth-order valence-corrected chi connectivity index (χ4v) is 10.9. The Morgan fingerprint density at radius 3 is 1.24 bits per heavy atom. The van der Waals surface area contributed by atoms with Crippen molar-refractivity contribution < 1.29 is 20.8 Å². The second kappa shape index (κ2) is 23.4. The Hall–Kier alpha value is -3.78. The number of fused-ring (bicyclic) bond motifs is 5. The minimum absolute atomic E-state index is 0.130. The average Bonchev–Trinajstić information content (AvgIpc) is 4.06. The van der Waals surface area contributed by atoms with Crippen LogP contribution in [0.2, 0.25) is 0 Å². The molecule has 0 bridgehead atoms. The zero-order chi connectivity index (χ0) is 53.1. The van der Waals surface area contributed by atoms with Crippen LogP contribution in [-0.2, 0) is 55.3 Å². The normalized spacial score (nSPS) is 12.5. The molecule has 0 spiro atoms. The first-order chi connectivity index (χ1) is 33.7. The van der Waals surface area contributed by atoms with Gasteiger partial charge in [-0.3, -0.25) is 0 Å². The summed E-state index contributed by atoms with van der Waals surface area (Å²) in [7, 11) is 10.7. The van der Waals surface area contributed by atoms with Crippen LogP contribution < -0.4 is 10.4 Å². The Labute approximate surface area is 458 Å². The zero-order valence-corrected chi connectivity index (χ0v) is 51.9. The summed E-state index contributed by atoms with van der Waals surface area (Å²) in [5.74, 6) is 1.10. The molecule has 0 unspecified atom stereocenters. The summed E-state index contributed by atoms with van der Waals surface area (Å²) in [5, 5.41) is 8.38. The van der Waals surface area contributed by atoms with Gasteiger partial charge in [-0.25, -0.2) is 0 Å². The van der Waals surface area contributed by atoms with Crippen LogP contribution >= 0.6 is 17.0 Å². The molecule has 0 aliphatic carbocycles. The third-order valence-corrected chi connectivity index (χ3v) is 15.7. The number of benzene rings is 6. The molecule has 8 aromatic rings. The summed E-state index contributed by atoms with van der Waals surface area (Å²) in [6, 6.07) is 51.6. The summed E-state index contributed by atoms with van der Waals surface area (Å²) < 4.78 is 0. The van der Waals surface area contributed by atoms with Crippen LogP contribution in [-0.4, -0.2) is 9.52 Å². The molecule has 72 heavy (non-hydrogen) atoms. The maximum Gasteiger partial charge on any atom is 0.0920 e. The maximum absolute atomic E-state index is 4.93. The largest absolute Gasteiger partial charge is 0.184 e. The van der Waals surface area contributed by atoms with Gasteiger partial charge in [0.15, 0.2) is 0 Å². The van der Waals surface area contributed by atoms with Crippen molar-refractivity contribution in [3.8, 4) is 33.4 Å². The third-order valence-electron chi connectivity index (χ3n) is 14.3. The van der Waals surface area contributed by atoms with E-state index in [1.807, 2.05) is 6.07 Å². The first-order valence-corrected chi connectivity index (χ1v) is 33.6. The van der Waals surface area contributed by atoms with Crippen LogP contribution in [0, 0.1) is 6.07 Å². The summed E-state index contributed by atoms with van der Waals surface area (Å²) in [5.41, 5.74) is 20.4. The molecular weight excluding hydrogens is 1010 g/mol. The first-order valence-electron chi connectivity index (χ1n) is 26.3. The van der Waals surface area contributed by atoms with E-state index in [0.29, 0.717) is 11.8 Å². The van der Waals surface area contributed by atoms with Crippen molar-refractivity contribution in [2.24, 2.45) is 0 Å². The second-order valence-electron chi connectivity index (χ2n) is 24.6. The molecule has 1 aliphatic rings. The fraction of sp³-hybridized carbons (Fsp3) is 0.382. The summed E-state index contributed by atoms with van der Waals surface area (Å²) in [4.78, 5) is 0. The van der Waals surface area contributed by atoms with E-state index >= 15 is 0 Å². The van der Waals surface area contributed by atoms with E-state index in [1.165, 1.54) is 110 Å². The molecule has 0 aromatic heterocycles. The Bertz CT molecular complexity index is 2830. The van der Waals surface area contributed by atoms with Crippen molar-refractivity contribution in [2.75, 3.05) is 0 Å². The van der Waals surface area contributed by atoms with Gasteiger partial charge in [-0.2, -0.15) is 41.6 Å². The molecule has 0 fully saturated rings. The average molecular weight is 1090 g/mol. The van der Waals surface area contributed by atoms with Crippen molar-refractivity contribution in [3.63, 3.8) is 0 Å². The van der Waals surface area contributed by atoms with E-state index in [1.54, 1.807) is 0 Å². The van der Waals surface area contributed by atoms with E-state index in [0.717, 1.165) is 22.4 Å². The van der Waals surface area contributed by atoms with Crippen molar-refractivity contribution in [1.29, 1.82) is 0 Å². The first kappa shape index (κ1) is 57.5. The number of rotatable bonds is 6. The number of hydrogen-bond acceptors (Lipinski definition) is 0. The Kier molecular flexibility index (Phi) is 18.7. The number of aryl methyl sites for hydroxylation is 2. The standard InChI is InChI=1S/2C28H37.C12H7Si.2ClH.Zr/c2*1-10-19-11-12-20-13-21(18(2)3)16-25(20)26(19)22-14-23(27(4,5)6)17-24(15-22)28(7,8)9;1-3-7-11-9(5-1)10-6-2-4-8-12(10)13-11;;;/h2*11-18H,10H2,1-9H3;1-7H;2*1H;/q3*-1;;;+2/p-2. The van der Waals surface area contributed by atoms with E-state index in [-0.39, 0.29) is 21.7 Å². The molecule has 378 valence electrons. The maximum atomic E-state index is 4.93. The molecule has 1 heterocycles. The monoisotopic (exact) mass is 1090 g/mol. The molecule has 0 atom stereocenters. The summed E-state index contributed by atoms with van der Waals surface area (Å²) in [6.07, 6.45) is 2.11. The molecule has 0 saturated heterocycles. The van der Waals surface area contributed by atoms with Crippen LogP contribution in [0.5, 0.6) is 0 Å². The Morgan fingerprint density at radius 1 is 0.500 bits per heavy atom. The fourth-order valence-electron chi connectivity index (χ4n) is 9.64. The molecule has 0 nitrogen and oxygen atoms in total. The van der Waals surface area contributed by atoms with E-state index in [4.69, 9.17) is 17.0 Å². The summed E-state index contributed by atoms with van der Waals surface area (Å²) >= 11 is -0.826. The van der Waals surface area contributed by atoms with Gasteiger partial charge in [-0.1, -0.05) is 218 Å². The third kappa shape index (κ3) is 13.5. The van der Waals surface area contributed by atoms with Gasteiger partial charge in [0.1, 0.15) is 0 Å². The number of hydrogen-bond donors (Lipinski definition) is 0. The van der Waals surface area contributed by atoms with Crippen LogP contribution in [0.4, 0.5) is 0 Å². The quantitative estimate of drug-likeness (QED) is 0.115. The Balaban J connectivity index is 0.000000181. The van der Waals surface area contributed by atoms with Crippen LogP contribution in [0.15, 0.2) is 127 Å². The predicted molar refractivity (Wildman–Crippen MR) is 319 cm³/mol. The van der Waals surface area contributed by atoms with Gasteiger partial charge in [-0.05, 0) is 79.7 Å². The van der Waals surface area contributed by atoms with Gasteiger partial charge in [0.05, 0.1) is 9.52 Å². The SMILES string of the molecule is CCc1ccc2[cH-]c(C(C)C)cc2c1-c1cc(C(C)(C)C)cc(C(C)(C)C)c1.CCc1ccc2[cH-]c(C(C)C)cc2c1-c1cc(C(C)(C)C)cc(C(C)(C)C)c1.[Cl][Zr][Cl].[c-]1cccc2c1[Si]c1ccccc1-2. The van der Waals surface area contributed by atoms with Gasteiger partial charge in [0.2, 0.25) is 0 Å². The van der Waals surface area contributed by atoms with Gasteiger partial charge in [0.25, 0.3) is 0 Å². The van der Waals surface area contributed by atoms with Crippen LogP contribution in [0.3, 0.4) is 0 Å². The molecular formula is C68H81Cl2SiZr-3. The van der Waals surface area contributed by atoms with E-state index < -0.39 is 20.8 Å². The molecule has 4 heteroatoms. The van der Waals surface area contributed by atoms with Gasteiger partial charge in [-0.15, -0.1) is 74.6 Å². The van der Waals surface area contributed by atoms with Crippen molar-refractivity contribution >= 4 is 58.5 Å². The minimum Gasteiger partial charge on any atom is -0.184 e. The molecule has 0 N–H and O–H groups in total. The van der Waals surface area contributed by atoms with Gasteiger partial charge >= 0.3 is 37.9 Å². The van der Waals surface area contributed by atoms with Crippen molar-refractivity contribution in [3.05, 3.63) is 178 Å². The van der Waals surface area contributed by atoms with E-state index in [9.17, 15) is 0 Å². The predicted octanol–water partition coefficient (Wildman–Crippen LogP) is 19.5. The second-order valence-corrected chi connectivity index (χ2v) is 29.6. The molecule has 2 radical (unpaired) electrons. The molecule has 0 saturated carbocycles. The van der Waals surface area contributed by atoms with Gasteiger partial charge in [0, 0.05) is 0 Å². The van der Waals surface area contributed by atoms with Crippen LogP contribution in [0.25, 0.3) is 54.9 Å². The van der Waals surface area contributed by atoms with Crippen molar-refractivity contribution in [1.82, 2.24) is 0 Å². The minimum atomic E-state index is -0.826. The van der Waals surface area contributed by atoms with Gasteiger partial charge < -0.3 is 0 Å². The smallest absolute Gasteiger partial charge is 0.0920 e. The molecule has 9 rings (SSSR count). The molecule has 8 aromatic carbocycles. The van der Waals surface area contributed by atoms with E-state index in [2.05, 4.69) is 252 Å². The summed E-state index contributed by atoms with van der Waals surface area (Å²) in [6.45, 7) is 41.5.